The molecule has 0 bridgehead atoms. The SMILES string of the molecule is Cc1ccc(F)cc1CC(O)c1c(F)ccc(C)c1F. The minimum atomic E-state index is -1.35. The molecule has 0 fully saturated rings. The predicted molar refractivity (Wildman–Crippen MR) is 70.9 cm³/mol. The molecule has 2 aromatic carbocycles. The van der Waals surface area contributed by atoms with Gasteiger partial charge in [0.2, 0.25) is 0 Å². The summed E-state index contributed by atoms with van der Waals surface area (Å²) in [5, 5.41) is 10.1. The van der Waals surface area contributed by atoms with Gasteiger partial charge in [0.1, 0.15) is 17.5 Å². The number of rotatable bonds is 3. The molecular formula is C16H15F3O. The van der Waals surface area contributed by atoms with E-state index in [0.29, 0.717) is 5.56 Å². The molecule has 1 nitrogen and oxygen atoms in total. The third kappa shape index (κ3) is 2.85. The van der Waals surface area contributed by atoms with Gasteiger partial charge in [-0.2, -0.15) is 0 Å². The van der Waals surface area contributed by atoms with Crippen LogP contribution in [0.1, 0.15) is 28.4 Å². The smallest absolute Gasteiger partial charge is 0.134 e. The van der Waals surface area contributed by atoms with Crippen molar-refractivity contribution < 1.29 is 18.3 Å². The number of benzene rings is 2. The summed E-state index contributed by atoms with van der Waals surface area (Å²) in [6.45, 7) is 3.25. The number of aliphatic hydroxyl groups is 1. The molecule has 0 aromatic heterocycles. The van der Waals surface area contributed by atoms with E-state index in [1.807, 2.05) is 0 Å². The maximum atomic E-state index is 13.9. The van der Waals surface area contributed by atoms with E-state index in [1.54, 1.807) is 13.0 Å². The van der Waals surface area contributed by atoms with Crippen LogP contribution in [0.5, 0.6) is 0 Å². The van der Waals surface area contributed by atoms with Crippen LogP contribution in [-0.4, -0.2) is 5.11 Å². The maximum Gasteiger partial charge on any atom is 0.134 e. The Labute approximate surface area is 115 Å². The standard InChI is InChI=1S/C16H15F3O/c1-9-3-5-12(17)7-11(9)8-14(20)15-13(18)6-4-10(2)16(15)19/h3-7,14,20H,8H2,1-2H3. The topological polar surface area (TPSA) is 20.2 Å². The van der Waals surface area contributed by atoms with E-state index in [2.05, 4.69) is 0 Å². The lowest BCUT2D eigenvalue weighted by atomic mass is 9.96. The molecule has 20 heavy (non-hydrogen) atoms. The highest BCUT2D eigenvalue weighted by Gasteiger charge is 2.20. The maximum absolute atomic E-state index is 13.9. The lowest BCUT2D eigenvalue weighted by Gasteiger charge is -2.15. The second-order valence-electron chi connectivity index (χ2n) is 4.88. The number of halogens is 3. The normalized spacial score (nSPS) is 12.5. The van der Waals surface area contributed by atoms with E-state index >= 15 is 0 Å². The number of aryl methyl sites for hydroxylation is 2. The summed E-state index contributed by atoms with van der Waals surface area (Å²) >= 11 is 0. The molecule has 1 N–H and O–H groups in total. The van der Waals surface area contributed by atoms with Crippen LogP contribution in [0, 0.1) is 31.3 Å². The van der Waals surface area contributed by atoms with Gasteiger partial charge in [0.25, 0.3) is 0 Å². The van der Waals surface area contributed by atoms with E-state index in [9.17, 15) is 18.3 Å². The van der Waals surface area contributed by atoms with Gasteiger partial charge in [-0.05, 0) is 48.7 Å². The summed E-state index contributed by atoms with van der Waals surface area (Å²) in [7, 11) is 0. The van der Waals surface area contributed by atoms with Gasteiger partial charge >= 0.3 is 0 Å². The molecule has 2 rings (SSSR count). The van der Waals surface area contributed by atoms with Crippen LogP contribution in [0.2, 0.25) is 0 Å². The molecule has 106 valence electrons. The molecule has 0 radical (unpaired) electrons. The zero-order valence-electron chi connectivity index (χ0n) is 11.3. The van der Waals surface area contributed by atoms with Crippen molar-refractivity contribution in [1.29, 1.82) is 0 Å². The zero-order chi connectivity index (χ0) is 14.9. The molecule has 0 spiro atoms. The summed E-state index contributed by atoms with van der Waals surface area (Å²) in [6.07, 6.45) is -1.39. The van der Waals surface area contributed by atoms with Gasteiger partial charge in [0.15, 0.2) is 0 Å². The first-order chi connectivity index (χ1) is 9.40. The Kier molecular flexibility index (Phi) is 4.14. The minimum Gasteiger partial charge on any atom is -0.388 e. The highest BCUT2D eigenvalue weighted by atomic mass is 19.1. The van der Waals surface area contributed by atoms with Gasteiger partial charge in [-0.1, -0.05) is 12.1 Å². The van der Waals surface area contributed by atoms with Crippen LogP contribution in [0.3, 0.4) is 0 Å². The van der Waals surface area contributed by atoms with Crippen molar-refractivity contribution in [3.63, 3.8) is 0 Å². The van der Waals surface area contributed by atoms with Crippen LogP contribution in [0.25, 0.3) is 0 Å². The van der Waals surface area contributed by atoms with Crippen molar-refractivity contribution in [2.45, 2.75) is 26.4 Å². The van der Waals surface area contributed by atoms with E-state index in [4.69, 9.17) is 0 Å². The average Bonchev–Trinajstić information content (AvgIpc) is 2.39. The molecule has 4 heteroatoms. The molecule has 0 amide bonds. The molecule has 0 saturated heterocycles. The third-order valence-electron chi connectivity index (χ3n) is 3.38. The fourth-order valence-electron chi connectivity index (χ4n) is 2.15. The van der Waals surface area contributed by atoms with Gasteiger partial charge in [-0.15, -0.1) is 0 Å². The Hall–Kier alpha value is -1.81. The minimum absolute atomic E-state index is 0.0408. The number of hydrogen-bond donors (Lipinski definition) is 1. The Morgan fingerprint density at radius 1 is 1.00 bits per heavy atom. The Morgan fingerprint density at radius 3 is 2.35 bits per heavy atom. The Bertz CT molecular complexity index is 638. The molecule has 0 aliphatic rings. The van der Waals surface area contributed by atoms with Crippen LogP contribution in [0.15, 0.2) is 30.3 Å². The largest absolute Gasteiger partial charge is 0.388 e. The van der Waals surface area contributed by atoms with Crippen molar-refractivity contribution >= 4 is 0 Å². The lowest BCUT2D eigenvalue weighted by Crippen LogP contribution is -2.09. The van der Waals surface area contributed by atoms with Gasteiger partial charge in [0, 0.05) is 6.42 Å². The van der Waals surface area contributed by atoms with Crippen LogP contribution < -0.4 is 0 Å². The van der Waals surface area contributed by atoms with E-state index in [-0.39, 0.29) is 17.5 Å². The van der Waals surface area contributed by atoms with Crippen molar-refractivity contribution in [3.05, 3.63) is 70.0 Å². The number of hydrogen-bond acceptors (Lipinski definition) is 1. The summed E-state index contributed by atoms with van der Waals surface area (Å²) in [5.41, 5.74) is 1.18. The molecule has 0 aliphatic carbocycles. The predicted octanol–water partition coefficient (Wildman–Crippen LogP) is 4.00. The molecular weight excluding hydrogens is 265 g/mol. The van der Waals surface area contributed by atoms with E-state index in [0.717, 1.165) is 11.6 Å². The third-order valence-corrected chi connectivity index (χ3v) is 3.38. The first-order valence-electron chi connectivity index (χ1n) is 6.27. The molecule has 1 atom stereocenters. The molecule has 2 aromatic rings. The van der Waals surface area contributed by atoms with Gasteiger partial charge in [-0.25, -0.2) is 13.2 Å². The first-order valence-corrected chi connectivity index (χ1v) is 6.27. The van der Waals surface area contributed by atoms with Crippen LogP contribution >= 0.6 is 0 Å². The van der Waals surface area contributed by atoms with Crippen LogP contribution in [-0.2, 0) is 6.42 Å². The van der Waals surface area contributed by atoms with Crippen molar-refractivity contribution in [2.75, 3.05) is 0 Å². The Morgan fingerprint density at radius 2 is 1.65 bits per heavy atom. The van der Waals surface area contributed by atoms with E-state index < -0.39 is 23.6 Å². The van der Waals surface area contributed by atoms with Gasteiger partial charge in [0.05, 0.1) is 11.7 Å². The van der Waals surface area contributed by atoms with Crippen molar-refractivity contribution in [3.8, 4) is 0 Å². The lowest BCUT2D eigenvalue weighted by molar-refractivity contribution is 0.168. The first kappa shape index (κ1) is 14.6. The fraction of sp³-hybridized carbons (Fsp3) is 0.250. The number of aliphatic hydroxyl groups excluding tert-OH is 1. The van der Waals surface area contributed by atoms with Crippen molar-refractivity contribution in [2.24, 2.45) is 0 Å². The van der Waals surface area contributed by atoms with Crippen molar-refractivity contribution in [1.82, 2.24) is 0 Å². The van der Waals surface area contributed by atoms with Gasteiger partial charge in [-0.3, -0.25) is 0 Å². The highest BCUT2D eigenvalue weighted by molar-refractivity contribution is 5.32. The highest BCUT2D eigenvalue weighted by Crippen LogP contribution is 2.27. The molecule has 0 aliphatic heterocycles. The molecule has 0 saturated carbocycles. The van der Waals surface area contributed by atoms with Crippen LogP contribution in [0.4, 0.5) is 13.2 Å². The quantitative estimate of drug-likeness (QED) is 0.901. The summed E-state index contributed by atoms with van der Waals surface area (Å²) in [5.74, 6) is -2.00. The summed E-state index contributed by atoms with van der Waals surface area (Å²) < 4.78 is 40.8. The zero-order valence-corrected chi connectivity index (χ0v) is 11.3. The summed E-state index contributed by atoms with van der Waals surface area (Å²) in [4.78, 5) is 0. The average molecular weight is 280 g/mol. The summed E-state index contributed by atoms with van der Waals surface area (Å²) in [6, 6.07) is 6.58. The molecule has 1 unspecified atom stereocenters. The Balaban J connectivity index is 2.35. The van der Waals surface area contributed by atoms with E-state index in [1.165, 1.54) is 25.1 Å². The second kappa shape index (κ2) is 5.67. The monoisotopic (exact) mass is 280 g/mol. The van der Waals surface area contributed by atoms with Gasteiger partial charge < -0.3 is 5.11 Å². The second-order valence-corrected chi connectivity index (χ2v) is 4.88. The fourth-order valence-corrected chi connectivity index (χ4v) is 2.15. The molecule has 0 heterocycles.